The summed E-state index contributed by atoms with van der Waals surface area (Å²) in [5.41, 5.74) is 0.732. The standard InChI is InChI=1S/C29H31FN2O8/c1-17-11-12-22(23(30)15-17)26(40-21-9-7-6-8-10-21)19(3)39-29(35)18(2)32-28(34)25-27(38-16-37-20(4)33)24(36-5)13-14-31-25/h6-15,18-19,26H,16H2,1-5H3,(H,32,34)/t18-,19-,26-/m0/s1. The maximum atomic E-state index is 14.9. The third kappa shape index (κ3) is 7.92. The van der Waals surface area contributed by atoms with Crippen molar-refractivity contribution < 1.29 is 42.5 Å². The number of aryl methyl sites for hydroxylation is 1. The van der Waals surface area contributed by atoms with Gasteiger partial charge in [-0.2, -0.15) is 0 Å². The van der Waals surface area contributed by atoms with E-state index in [9.17, 15) is 18.8 Å². The van der Waals surface area contributed by atoms with Gasteiger partial charge in [-0.1, -0.05) is 30.3 Å². The van der Waals surface area contributed by atoms with Crippen molar-refractivity contribution in [2.24, 2.45) is 0 Å². The smallest absolute Gasteiger partial charge is 0.328 e. The van der Waals surface area contributed by atoms with Gasteiger partial charge in [-0.05, 0) is 44.5 Å². The van der Waals surface area contributed by atoms with Crippen LogP contribution in [0.2, 0.25) is 0 Å². The van der Waals surface area contributed by atoms with Crippen molar-refractivity contribution in [1.29, 1.82) is 0 Å². The molecule has 212 valence electrons. The van der Waals surface area contributed by atoms with Crippen LogP contribution < -0.4 is 19.5 Å². The Balaban J connectivity index is 1.75. The van der Waals surface area contributed by atoms with E-state index >= 15 is 0 Å². The molecule has 1 heterocycles. The van der Waals surface area contributed by atoms with E-state index in [4.69, 9.17) is 23.7 Å². The number of aromatic nitrogens is 1. The van der Waals surface area contributed by atoms with E-state index < -0.39 is 48.7 Å². The number of nitrogens with zero attached hydrogens (tertiary/aromatic N) is 1. The lowest BCUT2D eigenvalue weighted by atomic mass is 10.0. The average molecular weight is 555 g/mol. The van der Waals surface area contributed by atoms with Crippen LogP contribution in [-0.2, 0) is 19.1 Å². The highest BCUT2D eigenvalue weighted by Gasteiger charge is 2.30. The summed E-state index contributed by atoms with van der Waals surface area (Å²) in [4.78, 5) is 41.1. The highest BCUT2D eigenvalue weighted by atomic mass is 19.1. The Bertz CT molecular complexity index is 1330. The van der Waals surface area contributed by atoms with E-state index in [1.165, 1.54) is 39.3 Å². The number of rotatable bonds is 12. The summed E-state index contributed by atoms with van der Waals surface area (Å²) < 4.78 is 41.9. The molecule has 0 unspecified atom stereocenters. The summed E-state index contributed by atoms with van der Waals surface area (Å²) in [5, 5.41) is 2.51. The fourth-order valence-corrected chi connectivity index (χ4v) is 3.66. The first-order valence-electron chi connectivity index (χ1n) is 12.4. The molecular weight excluding hydrogens is 523 g/mol. The normalized spacial score (nSPS) is 12.8. The van der Waals surface area contributed by atoms with Gasteiger partial charge in [-0.25, -0.2) is 14.2 Å². The zero-order valence-electron chi connectivity index (χ0n) is 22.8. The minimum Gasteiger partial charge on any atom is -0.493 e. The largest absolute Gasteiger partial charge is 0.493 e. The van der Waals surface area contributed by atoms with Gasteiger partial charge in [-0.3, -0.25) is 9.59 Å². The number of carbonyl (C=O) groups excluding carboxylic acids is 3. The molecule has 0 bridgehead atoms. The number of nitrogens with one attached hydrogen (secondary N) is 1. The van der Waals surface area contributed by atoms with Gasteiger partial charge in [0.15, 0.2) is 23.3 Å². The molecule has 1 aromatic heterocycles. The predicted molar refractivity (Wildman–Crippen MR) is 141 cm³/mol. The third-order valence-corrected chi connectivity index (χ3v) is 5.67. The molecule has 3 atom stereocenters. The molecule has 0 fully saturated rings. The van der Waals surface area contributed by atoms with Crippen LogP contribution in [-0.4, -0.2) is 48.9 Å². The van der Waals surface area contributed by atoms with Crippen LogP contribution in [0.5, 0.6) is 17.2 Å². The summed E-state index contributed by atoms with van der Waals surface area (Å²) in [6.45, 7) is 5.48. The lowest BCUT2D eigenvalue weighted by Gasteiger charge is -2.27. The highest BCUT2D eigenvalue weighted by Crippen LogP contribution is 2.31. The van der Waals surface area contributed by atoms with E-state index in [1.807, 2.05) is 6.07 Å². The van der Waals surface area contributed by atoms with Crippen molar-refractivity contribution in [2.45, 2.75) is 45.9 Å². The highest BCUT2D eigenvalue weighted by molar-refractivity contribution is 5.98. The van der Waals surface area contributed by atoms with Crippen LogP contribution in [0, 0.1) is 12.7 Å². The molecule has 0 saturated carbocycles. The average Bonchev–Trinajstić information content (AvgIpc) is 2.92. The van der Waals surface area contributed by atoms with Crippen LogP contribution in [0.15, 0.2) is 60.8 Å². The number of amides is 1. The zero-order valence-corrected chi connectivity index (χ0v) is 22.8. The molecule has 2 aromatic carbocycles. The number of benzene rings is 2. The van der Waals surface area contributed by atoms with Crippen LogP contribution >= 0.6 is 0 Å². The number of hydrogen-bond acceptors (Lipinski definition) is 9. The number of ether oxygens (including phenoxy) is 5. The summed E-state index contributed by atoms with van der Waals surface area (Å²) in [6.07, 6.45) is -0.600. The molecule has 40 heavy (non-hydrogen) atoms. The van der Waals surface area contributed by atoms with Gasteiger partial charge in [0.2, 0.25) is 6.79 Å². The molecule has 10 nitrogen and oxygen atoms in total. The van der Waals surface area contributed by atoms with E-state index in [0.717, 1.165) is 5.56 Å². The SMILES string of the molecule is COc1ccnc(C(=O)N[C@@H](C)C(=O)O[C@@H](C)[C@H](Oc2ccccc2)c2ccc(C)cc2F)c1OCOC(C)=O. The number of pyridine rings is 1. The van der Waals surface area contributed by atoms with Gasteiger partial charge in [-0.15, -0.1) is 0 Å². The first-order valence-corrected chi connectivity index (χ1v) is 12.4. The van der Waals surface area contributed by atoms with Crippen molar-refractivity contribution in [3.8, 4) is 17.2 Å². The molecule has 3 aromatic rings. The summed E-state index contributed by atoms with van der Waals surface area (Å²) in [5.74, 6) is -2.10. The number of halogens is 1. The fraction of sp³-hybridized carbons (Fsp3) is 0.310. The molecule has 0 spiro atoms. The van der Waals surface area contributed by atoms with E-state index in [0.29, 0.717) is 5.75 Å². The van der Waals surface area contributed by atoms with Gasteiger partial charge >= 0.3 is 11.9 Å². The number of para-hydroxylation sites is 1. The Hall–Kier alpha value is -4.67. The molecule has 1 N–H and O–H groups in total. The van der Waals surface area contributed by atoms with Gasteiger partial charge in [0, 0.05) is 24.8 Å². The maximum Gasteiger partial charge on any atom is 0.328 e. The Kier molecular flexibility index (Phi) is 10.4. The molecule has 3 rings (SSSR count). The van der Waals surface area contributed by atoms with Crippen LogP contribution in [0.3, 0.4) is 0 Å². The van der Waals surface area contributed by atoms with Crippen molar-refractivity contribution in [3.05, 3.63) is 83.4 Å². The maximum absolute atomic E-state index is 14.9. The van der Waals surface area contributed by atoms with Gasteiger partial charge < -0.3 is 29.0 Å². The van der Waals surface area contributed by atoms with Crippen LogP contribution in [0.1, 0.15) is 48.5 Å². The number of methoxy groups -OCH3 is 1. The van der Waals surface area contributed by atoms with Crippen molar-refractivity contribution in [1.82, 2.24) is 10.3 Å². The first kappa shape index (κ1) is 29.9. The molecule has 0 radical (unpaired) electrons. The van der Waals surface area contributed by atoms with Crippen LogP contribution in [0.4, 0.5) is 4.39 Å². The van der Waals surface area contributed by atoms with Crippen molar-refractivity contribution in [3.63, 3.8) is 0 Å². The Labute approximate surface area is 231 Å². The van der Waals surface area contributed by atoms with Gasteiger partial charge in [0.1, 0.15) is 23.7 Å². The third-order valence-electron chi connectivity index (χ3n) is 5.67. The summed E-state index contributed by atoms with van der Waals surface area (Å²) in [6, 6.07) is 13.8. The van der Waals surface area contributed by atoms with Gasteiger partial charge in [0.25, 0.3) is 5.91 Å². The molecule has 1 amide bonds. The van der Waals surface area contributed by atoms with Gasteiger partial charge in [0.05, 0.1) is 7.11 Å². The molecule has 0 aliphatic rings. The zero-order chi connectivity index (χ0) is 29.2. The Morgan fingerprint density at radius 2 is 1.77 bits per heavy atom. The first-order chi connectivity index (χ1) is 19.1. The number of hydrogen-bond donors (Lipinski definition) is 1. The molecule has 0 saturated heterocycles. The number of esters is 2. The summed E-state index contributed by atoms with van der Waals surface area (Å²) >= 11 is 0. The predicted octanol–water partition coefficient (Wildman–Crippen LogP) is 4.31. The quantitative estimate of drug-likeness (QED) is 0.258. The minimum absolute atomic E-state index is 0.0798. The van der Waals surface area contributed by atoms with E-state index in [1.54, 1.807) is 50.2 Å². The monoisotopic (exact) mass is 554 g/mol. The molecule has 11 heteroatoms. The molecule has 0 aliphatic heterocycles. The van der Waals surface area contributed by atoms with Crippen molar-refractivity contribution >= 4 is 17.8 Å². The molecular formula is C29H31FN2O8. The number of carbonyl (C=O) groups is 3. The van der Waals surface area contributed by atoms with E-state index in [-0.39, 0.29) is 22.8 Å². The van der Waals surface area contributed by atoms with E-state index in [2.05, 4.69) is 10.3 Å². The second-order valence-corrected chi connectivity index (χ2v) is 8.80. The topological polar surface area (TPSA) is 122 Å². The fourth-order valence-electron chi connectivity index (χ4n) is 3.66. The lowest BCUT2D eigenvalue weighted by molar-refractivity contribution is -0.155. The Morgan fingerprint density at radius 1 is 1.05 bits per heavy atom. The Morgan fingerprint density at radius 3 is 2.42 bits per heavy atom. The van der Waals surface area contributed by atoms with Crippen molar-refractivity contribution in [2.75, 3.05) is 13.9 Å². The van der Waals surface area contributed by atoms with Crippen LogP contribution in [0.25, 0.3) is 0 Å². The molecule has 0 aliphatic carbocycles. The minimum atomic E-state index is -1.13. The summed E-state index contributed by atoms with van der Waals surface area (Å²) in [7, 11) is 1.36. The second-order valence-electron chi connectivity index (χ2n) is 8.80. The lowest BCUT2D eigenvalue weighted by Crippen LogP contribution is -2.42. The second kappa shape index (κ2) is 13.9.